The Morgan fingerprint density at radius 1 is 1.29 bits per heavy atom. The Morgan fingerprint density at radius 3 is 2.71 bits per heavy atom. The van der Waals surface area contributed by atoms with Gasteiger partial charge < -0.3 is 5.11 Å². The van der Waals surface area contributed by atoms with Gasteiger partial charge >= 0.3 is 5.97 Å². The second kappa shape index (κ2) is 5.85. The highest BCUT2D eigenvalue weighted by molar-refractivity contribution is 5.73. The average molecular weight is 239 g/mol. The summed E-state index contributed by atoms with van der Waals surface area (Å²) in [5.74, 6) is 0.161. The molecule has 2 aliphatic rings. The zero-order chi connectivity index (χ0) is 12.3. The third kappa shape index (κ3) is 2.82. The lowest BCUT2D eigenvalue weighted by atomic mass is 9.77. The minimum Gasteiger partial charge on any atom is -0.480 e. The van der Waals surface area contributed by atoms with Crippen molar-refractivity contribution in [1.29, 1.82) is 0 Å². The van der Waals surface area contributed by atoms with Crippen molar-refractivity contribution < 1.29 is 9.90 Å². The number of nitrogens with zero attached hydrogens (tertiary/aromatic N) is 1. The van der Waals surface area contributed by atoms with Crippen LogP contribution in [-0.2, 0) is 4.79 Å². The standard InChI is InChI=1S/C14H25NO2/c1-2-6-13(14(16)17)15-10-5-8-11-7-3-4-9-12(11)15/h11-13H,2-10H2,1H3,(H,16,17)/t11-,12-,13?/m1/s1. The number of carboxylic acids is 1. The van der Waals surface area contributed by atoms with E-state index in [1.165, 1.54) is 38.5 Å². The smallest absolute Gasteiger partial charge is 0.320 e. The van der Waals surface area contributed by atoms with Crippen LogP contribution in [0.15, 0.2) is 0 Å². The van der Waals surface area contributed by atoms with E-state index < -0.39 is 5.97 Å². The summed E-state index contributed by atoms with van der Waals surface area (Å²) >= 11 is 0. The fourth-order valence-electron chi connectivity index (χ4n) is 3.75. The van der Waals surface area contributed by atoms with Crippen molar-refractivity contribution in [2.75, 3.05) is 6.54 Å². The van der Waals surface area contributed by atoms with E-state index in [1.54, 1.807) is 0 Å². The lowest BCUT2D eigenvalue weighted by Crippen LogP contribution is -2.54. The van der Waals surface area contributed by atoms with E-state index >= 15 is 0 Å². The van der Waals surface area contributed by atoms with Crippen LogP contribution < -0.4 is 0 Å². The number of carboxylic acid groups (broad SMARTS) is 1. The molecule has 1 heterocycles. The van der Waals surface area contributed by atoms with Crippen LogP contribution in [0.25, 0.3) is 0 Å². The second-order valence-corrected chi connectivity index (χ2v) is 5.63. The molecule has 0 bridgehead atoms. The first-order chi connectivity index (χ1) is 8.24. The van der Waals surface area contributed by atoms with Crippen molar-refractivity contribution in [2.24, 2.45) is 5.92 Å². The molecule has 1 aliphatic heterocycles. The monoisotopic (exact) mass is 239 g/mol. The van der Waals surface area contributed by atoms with Crippen LogP contribution in [0.5, 0.6) is 0 Å². The molecule has 0 spiro atoms. The number of likely N-dealkylation sites (tertiary alicyclic amines) is 1. The molecular formula is C14H25NO2. The Hall–Kier alpha value is -0.570. The summed E-state index contributed by atoms with van der Waals surface area (Å²) in [4.78, 5) is 13.7. The Bertz CT molecular complexity index is 265. The van der Waals surface area contributed by atoms with Crippen molar-refractivity contribution in [3.8, 4) is 0 Å². The van der Waals surface area contributed by atoms with Crippen LogP contribution >= 0.6 is 0 Å². The molecule has 0 radical (unpaired) electrons. The van der Waals surface area contributed by atoms with E-state index in [9.17, 15) is 9.90 Å². The second-order valence-electron chi connectivity index (χ2n) is 5.63. The molecule has 0 amide bonds. The van der Waals surface area contributed by atoms with Crippen molar-refractivity contribution in [2.45, 2.75) is 70.4 Å². The summed E-state index contributed by atoms with van der Waals surface area (Å²) in [6.07, 6.45) is 9.45. The molecule has 0 aromatic carbocycles. The maximum absolute atomic E-state index is 11.4. The number of aliphatic carboxylic acids is 1. The van der Waals surface area contributed by atoms with Crippen LogP contribution in [0.3, 0.4) is 0 Å². The molecule has 0 aromatic rings. The first kappa shape index (κ1) is 12.9. The summed E-state index contributed by atoms with van der Waals surface area (Å²) in [6, 6.07) is 0.330. The summed E-state index contributed by atoms with van der Waals surface area (Å²) in [5, 5.41) is 9.41. The SMILES string of the molecule is CCCC(C(=O)O)N1CCC[C@H]2CCCC[C@H]21. The topological polar surface area (TPSA) is 40.5 Å². The highest BCUT2D eigenvalue weighted by Gasteiger charge is 2.38. The van der Waals surface area contributed by atoms with Crippen molar-refractivity contribution in [3.63, 3.8) is 0 Å². The van der Waals surface area contributed by atoms with Gasteiger partial charge in [0.25, 0.3) is 0 Å². The van der Waals surface area contributed by atoms with Crippen LogP contribution in [-0.4, -0.2) is 34.6 Å². The van der Waals surface area contributed by atoms with Crippen molar-refractivity contribution in [3.05, 3.63) is 0 Å². The van der Waals surface area contributed by atoms with Gasteiger partial charge in [-0.3, -0.25) is 9.69 Å². The lowest BCUT2D eigenvalue weighted by Gasteiger charge is -2.46. The fourth-order valence-corrected chi connectivity index (χ4v) is 3.75. The molecule has 17 heavy (non-hydrogen) atoms. The number of hydrogen-bond acceptors (Lipinski definition) is 2. The number of fused-ring (bicyclic) bond motifs is 1. The highest BCUT2D eigenvalue weighted by Crippen LogP contribution is 2.36. The Labute approximate surface area is 104 Å². The molecular weight excluding hydrogens is 214 g/mol. The number of hydrogen-bond donors (Lipinski definition) is 1. The van der Waals surface area contributed by atoms with Crippen molar-refractivity contribution >= 4 is 5.97 Å². The van der Waals surface area contributed by atoms with E-state index in [2.05, 4.69) is 11.8 Å². The quantitative estimate of drug-likeness (QED) is 0.820. The predicted molar refractivity (Wildman–Crippen MR) is 68.0 cm³/mol. The zero-order valence-electron chi connectivity index (χ0n) is 10.9. The summed E-state index contributed by atoms with van der Waals surface area (Å²) in [6.45, 7) is 3.08. The lowest BCUT2D eigenvalue weighted by molar-refractivity contribution is -0.146. The molecule has 1 N–H and O–H groups in total. The fraction of sp³-hybridized carbons (Fsp3) is 0.929. The van der Waals surface area contributed by atoms with Gasteiger partial charge in [0.05, 0.1) is 0 Å². The summed E-state index contributed by atoms with van der Waals surface area (Å²) < 4.78 is 0. The molecule has 1 unspecified atom stereocenters. The molecule has 0 aromatic heterocycles. The van der Waals surface area contributed by atoms with Crippen LogP contribution in [0.4, 0.5) is 0 Å². The molecule has 3 heteroatoms. The van der Waals surface area contributed by atoms with Gasteiger partial charge in [0.2, 0.25) is 0 Å². The maximum atomic E-state index is 11.4. The third-order valence-corrected chi connectivity index (χ3v) is 4.53. The first-order valence-corrected chi connectivity index (χ1v) is 7.22. The highest BCUT2D eigenvalue weighted by atomic mass is 16.4. The molecule has 1 saturated carbocycles. The van der Waals surface area contributed by atoms with Crippen LogP contribution in [0.2, 0.25) is 0 Å². The molecule has 1 aliphatic carbocycles. The number of rotatable bonds is 4. The third-order valence-electron chi connectivity index (χ3n) is 4.53. The molecule has 2 fully saturated rings. The van der Waals surface area contributed by atoms with E-state index in [0.717, 1.165) is 25.3 Å². The zero-order valence-corrected chi connectivity index (χ0v) is 10.9. The number of piperidine rings is 1. The van der Waals surface area contributed by atoms with Gasteiger partial charge in [-0.05, 0) is 44.6 Å². The average Bonchev–Trinajstić information content (AvgIpc) is 2.35. The van der Waals surface area contributed by atoms with Gasteiger partial charge in [0.15, 0.2) is 0 Å². The van der Waals surface area contributed by atoms with E-state index in [4.69, 9.17) is 0 Å². The molecule has 3 atom stereocenters. The minimum atomic E-state index is -0.613. The predicted octanol–water partition coefficient (Wildman–Crippen LogP) is 2.89. The molecule has 2 rings (SSSR count). The van der Waals surface area contributed by atoms with E-state index in [1.807, 2.05) is 0 Å². The van der Waals surface area contributed by atoms with E-state index in [0.29, 0.717) is 6.04 Å². The van der Waals surface area contributed by atoms with Crippen LogP contribution in [0, 0.1) is 5.92 Å². The normalized spacial score (nSPS) is 31.8. The van der Waals surface area contributed by atoms with Crippen LogP contribution in [0.1, 0.15) is 58.3 Å². The van der Waals surface area contributed by atoms with Gasteiger partial charge in [-0.2, -0.15) is 0 Å². The van der Waals surface area contributed by atoms with Gasteiger partial charge in [-0.25, -0.2) is 0 Å². The largest absolute Gasteiger partial charge is 0.480 e. The first-order valence-electron chi connectivity index (χ1n) is 7.22. The van der Waals surface area contributed by atoms with Gasteiger partial charge in [-0.15, -0.1) is 0 Å². The summed E-state index contributed by atoms with van der Waals surface area (Å²) in [5.41, 5.74) is 0. The van der Waals surface area contributed by atoms with Gasteiger partial charge in [-0.1, -0.05) is 26.2 Å². The molecule has 1 saturated heterocycles. The van der Waals surface area contributed by atoms with E-state index in [-0.39, 0.29) is 6.04 Å². The Morgan fingerprint density at radius 2 is 2.00 bits per heavy atom. The van der Waals surface area contributed by atoms with Gasteiger partial charge in [0, 0.05) is 6.04 Å². The molecule has 98 valence electrons. The minimum absolute atomic E-state index is 0.231. The summed E-state index contributed by atoms with van der Waals surface area (Å²) in [7, 11) is 0. The maximum Gasteiger partial charge on any atom is 0.320 e. The van der Waals surface area contributed by atoms with Gasteiger partial charge in [0.1, 0.15) is 6.04 Å². The number of carbonyl (C=O) groups is 1. The Balaban J connectivity index is 2.08. The Kier molecular flexibility index (Phi) is 4.43. The molecule has 3 nitrogen and oxygen atoms in total. The van der Waals surface area contributed by atoms with Crippen molar-refractivity contribution in [1.82, 2.24) is 4.90 Å².